The van der Waals surface area contributed by atoms with Gasteiger partial charge in [0, 0.05) is 0 Å². The van der Waals surface area contributed by atoms with Gasteiger partial charge in [0.2, 0.25) is 0 Å². The molecular weight excluding hydrogens is 166 g/mol. The van der Waals surface area contributed by atoms with Crippen LogP contribution in [0.1, 0.15) is 5.56 Å². The van der Waals surface area contributed by atoms with Crippen LogP contribution in [0.5, 0.6) is 5.75 Å². The summed E-state index contributed by atoms with van der Waals surface area (Å²) in [6.45, 7) is 2.77. The van der Waals surface area contributed by atoms with Crippen LogP contribution in [0.25, 0.3) is 0 Å². The Balaban J connectivity index is 2.50. The van der Waals surface area contributed by atoms with E-state index in [9.17, 15) is 5.11 Å². The van der Waals surface area contributed by atoms with Crippen molar-refractivity contribution in [1.82, 2.24) is 0 Å². The van der Waals surface area contributed by atoms with E-state index in [1.54, 1.807) is 0 Å². The fourth-order valence-electron chi connectivity index (χ4n) is 0.988. The van der Waals surface area contributed by atoms with Crippen LogP contribution < -0.4 is 10.5 Å². The number of aliphatic hydroxyl groups is 1. The quantitative estimate of drug-likeness (QED) is 0.687. The Hall–Kier alpha value is -1.06. The molecule has 4 N–H and O–H groups in total. The van der Waals surface area contributed by atoms with Crippen molar-refractivity contribution in [1.29, 1.82) is 0 Å². The molecule has 0 aliphatic heterocycles. The molecule has 0 heterocycles. The van der Waals surface area contributed by atoms with E-state index >= 15 is 0 Å². The molecule has 0 unspecified atom stereocenters. The molecule has 1 rings (SSSR count). The van der Waals surface area contributed by atoms with Crippen molar-refractivity contribution in [3.05, 3.63) is 29.8 Å². The number of hydrogen-bond acceptors (Lipinski definition) is 2. The lowest BCUT2D eigenvalue weighted by Gasteiger charge is -2.10. The monoisotopic (exact) mass is 182 g/mol. The second-order valence-electron chi connectivity index (χ2n) is 3.02. The van der Waals surface area contributed by atoms with Gasteiger partial charge in [-0.2, -0.15) is 0 Å². The van der Waals surface area contributed by atoms with Crippen molar-refractivity contribution in [2.45, 2.75) is 13.0 Å². The fraction of sp³-hybridized carbons (Fsp3) is 0.400. The molecule has 3 nitrogen and oxygen atoms in total. The highest BCUT2D eigenvalue weighted by Gasteiger charge is 2.04. The van der Waals surface area contributed by atoms with Gasteiger partial charge < -0.3 is 15.6 Å². The van der Waals surface area contributed by atoms with Gasteiger partial charge in [-0.1, -0.05) is 18.2 Å². The Morgan fingerprint density at radius 3 is 2.77 bits per heavy atom. The first-order valence-electron chi connectivity index (χ1n) is 4.39. The van der Waals surface area contributed by atoms with Gasteiger partial charge in [0.1, 0.15) is 25.0 Å². The third-order valence-electron chi connectivity index (χ3n) is 1.86. The molecule has 3 heteroatoms. The number of rotatable bonds is 4. The highest BCUT2D eigenvalue weighted by Crippen LogP contribution is 2.15. The molecule has 13 heavy (non-hydrogen) atoms. The number of benzene rings is 1. The SMILES string of the molecule is Cc1ccccc1OC[C@@H](O)C[NH3+]. The first kappa shape index (κ1) is 10.0. The molecule has 0 aromatic heterocycles. The topological polar surface area (TPSA) is 57.1 Å². The van der Waals surface area contributed by atoms with Gasteiger partial charge in [-0.15, -0.1) is 0 Å². The van der Waals surface area contributed by atoms with Crippen LogP contribution in [0.3, 0.4) is 0 Å². The van der Waals surface area contributed by atoms with E-state index in [1.165, 1.54) is 0 Å². The minimum atomic E-state index is -0.473. The molecule has 0 fully saturated rings. The molecule has 72 valence electrons. The molecule has 0 radical (unpaired) electrons. The predicted octanol–water partition coefficient (Wildman–Crippen LogP) is -0.0234. The number of aliphatic hydroxyl groups excluding tert-OH is 1. The Morgan fingerprint density at radius 2 is 2.15 bits per heavy atom. The lowest BCUT2D eigenvalue weighted by atomic mass is 10.2. The average molecular weight is 182 g/mol. The number of ether oxygens (including phenoxy) is 1. The van der Waals surface area contributed by atoms with Crippen LogP contribution in [0, 0.1) is 6.92 Å². The third kappa shape index (κ3) is 3.05. The van der Waals surface area contributed by atoms with Gasteiger partial charge in [-0.05, 0) is 18.6 Å². The van der Waals surface area contributed by atoms with E-state index in [2.05, 4.69) is 5.73 Å². The fourth-order valence-corrected chi connectivity index (χ4v) is 0.988. The average Bonchev–Trinajstić information content (AvgIpc) is 2.16. The maximum atomic E-state index is 9.22. The van der Waals surface area contributed by atoms with Gasteiger partial charge >= 0.3 is 0 Å². The zero-order valence-corrected chi connectivity index (χ0v) is 7.86. The smallest absolute Gasteiger partial charge is 0.136 e. The molecule has 1 aromatic rings. The summed E-state index contributed by atoms with van der Waals surface area (Å²) in [5.41, 5.74) is 4.67. The summed E-state index contributed by atoms with van der Waals surface area (Å²) >= 11 is 0. The number of hydrogen-bond donors (Lipinski definition) is 2. The van der Waals surface area contributed by atoms with Crippen LogP contribution in [0.4, 0.5) is 0 Å². The molecule has 0 aliphatic rings. The molecule has 1 aromatic carbocycles. The lowest BCUT2D eigenvalue weighted by Crippen LogP contribution is -2.56. The van der Waals surface area contributed by atoms with Crippen molar-refractivity contribution < 1.29 is 15.6 Å². The molecule has 0 bridgehead atoms. The Bertz CT molecular complexity index is 263. The number of para-hydroxylation sites is 1. The largest absolute Gasteiger partial charge is 0.490 e. The first-order chi connectivity index (χ1) is 6.24. The van der Waals surface area contributed by atoms with Crippen LogP contribution in [-0.2, 0) is 0 Å². The van der Waals surface area contributed by atoms with Crippen LogP contribution in [-0.4, -0.2) is 24.4 Å². The normalized spacial score (nSPS) is 12.5. The summed E-state index contributed by atoms with van der Waals surface area (Å²) in [6.07, 6.45) is -0.473. The van der Waals surface area contributed by atoms with Crippen molar-refractivity contribution in [3.8, 4) is 5.75 Å². The zero-order valence-electron chi connectivity index (χ0n) is 7.86. The van der Waals surface area contributed by atoms with E-state index in [-0.39, 0.29) is 0 Å². The van der Waals surface area contributed by atoms with Gasteiger partial charge in [-0.25, -0.2) is 0 Å². The number of quaternary nitrogens is 1. The van der Waals surface area contributed by atoms with Gasteiger partial charge in [0.15, 0.2) is 0 Å². The molecule has 0 amide bonds. The zero-order chi connectivity index (χ0) is 9.68. The van der Waals surface area contributed by atoms with Crippen molar-refractivity contribution in [2.24, 2.45) is 0 Å². The summed E-state index contributed by atoms with van der Waals surface area (Å²) in [7, 11) is 0. The Morgan fingerprint density at radius 1 is 1.46 bits per heavy atom. The van der Waals surface area contributed by atoms with E-state index in [4.69, 9.17) is 4.74 Å². The standard InChI is InChI=1S/C10H15NO2/c1-8-4-2-3-5-10(8)13-7-9(12)6-11/h2-5,9,12H,6-7,11H2,1H3/p+1/t9-/m0/s1. The maximum absolute atomic E-state index is 9.22. The lowest BCUT2D eigenvalue weighted by molar-refractivity contribution is -0.384. The van der Waals surface area contributed by atoms with Crippen LogP contribution in [0.2, 0.25) is 0 Å². The van der Waals surface area contributed by atoms with Gasteiger partial charge in [-0.3, -0.25) is 0 Å². The maximum Gasteiger partial charge on any atom is 0.136 e. The van der Waals surface area contributed by atoms with Crippen LogP contribution in [0.15, 0.2) is 24.3 Å². The summed E-state index contributed by atoms with van der Waals surface area (Å²) in [5.74, 6) is 0.829. The third-order valence-corrected chi connectivity index (χ3v) is 1.86. The first-order valence-corrected chi connectivity index (χ1v) is 4.39. The highest BCUT2D eigenvalue weighted by atomic mass is 16.5. The second-order valence-corrected chi connectivity index (χ2v) is 3.02. The Kier molecular flexibility index (Phi) is 3.73. The van der Waals surface area contributed by atoms with Crippen molar-refractivity contribution >= 4 is 0 Å². The van der Waals surface area contributed by atoms with Crippen LogP contribution >= 0.6 is 0 Å². The highest BCUT2D eigenvalue weighted by molar-refractivity contribution is 5.31. The van der Waals surface area contributed by atoms with E-state index in [0.717, 1.165) is 11.3 Å². The predicted molar refractivity (Wildman–Crippen MR) is 50.4 cm³/mol. The Labute approximate surface area is 78.1 Å². The molecule has 0 spiro atoms. The van der Waals surface area contributed by atoms with Gasteiger partial charge in [0.05, 0.1) is 0 Å². The second kappa shape index (κ2) is 4.84. The summed E-state index contributed by atoms with van der Waals surface area (Å²) in [6, 6.07) is 7.75. The summed E-state index contributed by atoms with van der Waals surface area (Å²) < 4.78 is 5.40. The summed E-state index contributed by atoms with van der Waals surface area (Å²) in [4.78, 5) is 0. The van der Waals surface area contributed by atoms with E-state index < -0.39 is 6.10 Å². The van der Waals surface area contributed by atoms with E-state index in [0.29, 0.717) is 13.2 Å². The van der Waals surface area contributed by atoms with Crippen molar-refractivity contribution in [3.63, 3.8) is 0 Å². The van der Waals surface area contributed by atoms with Gasteiger partial charge in [0.25, 0.3) is 0 Å². The summed E-state index contributed by atoms with van der Waals surface area (Å²) in [5, 5.41) is 9.22. The molecule has 0 aliphatic carbocycles. The molecule has 0 saturated heterocycles. The minimum Gasteiger partial charge on any atom is -0.490 e. The minimum absolute atomic E-state index is 0.314. The van der Waals surface area contributed by atoms with Crippen molar-refractivity contribution in [2.75, 3.05) is 13.2 Å². The van der Waals surface area contributed by atoms with E-state index in [1.807, 2.05) is 31.2 Å². The molecule has 0 saturated carbocycles. The number of aryl methyl sites for hydroxylation is 1. The molecule has 1 atom stereocenters. The molecular formula is C10H16NO2+.